The summed E-state index contributed by atoms with van der Waals surface area (Å²) >= 11 is 0. The Bertz CT molecular complexity index is 209. The molecular formula is C13H30N4O. The second-order valence-corrected chi connectivity index (χ2v) is 4.97. The van der Waals surface area contributed by atoms with Crippen molar-refractivity contribution in [2.45, 2.75) is 39.0 Å². The average molecular weight is 258 g/mol. The van der Waals surface area contributed by atoms with E-state index in [1.807, 2.05) is 0 Å². The van der Waals surface area contributed by atoms with Crippen molar-refractivity contribution in [2.24, 2.45) is 5.84 Å². The SMILES string of the molecule is CCN(CCCCCC(=O)NN)CCCN(C)C. The van der Waals surface area contributed by atoms with Crippen LogP contribution in [0.2, 0.25) is 0 Å². The molecule has 0 radical (unpaired) electrons. The minimum absolute atomic E-state index is 0.0617. The maximum absolute atomic E-state index is 10.9. The van der Waals surface area contributed by atoms with Crippen molar-refractivity contribution in [3.05, 3.63) is 0 Å². The lowest BCUT2D eigenvalue weighted by Gasteiger charge is -2.21. The van der Waals surface area contributed by atoms with E-state index in [0.29, 0.717) is 6.42 Å². The monoisotopic (exact) mass is 258 g/mol. The van der Waals surface area contributed by atoms with E-state index in [9.17, 15) is 4.79 Å². The Balaban J connectivity index is 3.46. The number of nitrogens with zero attached hydrogens (tertiary/aromatic N) is 2. The third kappa shape index (κ3) is 10.5. The average Bonchev–Trinajstić information content (AvgIpc) is 2.35. The highest BCUT2D eigenvalue weighted by atomic mass is 16.2. The Kier molecular flexibility index (Phi) is 11.0. The van der Waals surface area contributed by atoms with Crippen LogP contribution in [0, 0.1) is 0 Å². The van der Waals surface area contributed by atoms with Crippen LogP contribution >= 0.6 is 0 Å². The van der Waals surface area contributed by atoms with Crippen LogP contribution < -0.4 is 11.3 Å². The Morgan fingerprint density at radius 2 is 1.72 bits per heavy atom. The van der Waals surface area contributed by atoms with Gasteiger partial charge in [0.05, 0.1) is 0 Å². The van der Waals surface area contributed by atoms with Crippen LogP contribution in [0.25, 0.3) is 0 Å². The predicted molar refractivity (Wildman–Crippen MR) is 76.1 cm³/mol. The van der Waals surface area contributed by atoms with Gasteiger partial charge in [-0.1, -0.05) is 13.3 Å². The minimum Gasteiger partial charge on any atom is -0.309 e. The highest BCUT2D eigenvalue weighted by molar-refractivity contribution is 5.74. The maximum atomic E-state index is 10.9. The van der Waals surface area contributed by atoms with Crippen molar-refractivity contribution >= 4 is 5.91 Å². The highest BCUT2D eigenvalue weighted by Crippen LogP contribution is 2.02. The molecule has 0 bridgehead atoms. The van der Waals surface area contributed by atoms with Crippen molar-refractivity contribution in [1.29, 1.82) is 0 Å². The fourth-order valence-corrected chi connectivity index (χ4v) is 1.91. The van der Waals surface area contributed by atoms with Gasteiger partial charge in [0, 0.05) is 6.42 Å². The van der Waals surface area contributed by atoms with Crippen LogP contribution in [0.3, 0.4) is 0 Å². The van der Waals surface area contributed by atoms with Crippen molar-refractivity contribution in [3.63, 3.8) is 0 Å². The molecule has 0 saturated heterocycles. The fourth-order valence-electron chi connectivity index (χ4n) is 1.91. The van der Waals surface area contributed by atoms with E-state index in [-0.39, 0.29) is 5.91 Å². The lowest BCUT2D eigenvalue weighted by molar-refractivity contribution is -0.121. The Morgan fingerprint density at radius 1 is 1.06 bits per heavy atom. The molecule has 1 amide bonds. The number of carbonyl (C=O) groups is 1. The molecule has 0 spiro atoms. The molecule has 18 heavy (non-hydrogen) atoms. The Labute approximate surface area is 112 Å². The summed E-state index contributed by atoms with van der Waals surface area (Å²) in [6, 6.07) is 0. The largest absolute Gasteiger partial charge is 0.309 e. The second kappa shape index (κ2) is 11.4. The Hall–Kier alpha value is -0.650. The summed E-state index contributed by atoms with van der Waals surface area (Å²) in [5.74, 6) is 4.96. The van der Waals surface area contributed by atoms with Crippen LogP contribution in [0.1, 0.15) is 39.0 Å². The summed E-state index contributed by atoms with van der Waals surface area (Å²) in [6.07, 6.45) is 4.95. The lowest BCUT2D eigenvalue weighted by atomic mass is 10.2. The summed E-state index contributed by atoms with van der Waals surface area (Å²) in [5.41, 5.74) is 2.16. The van der Waals surface area contributed by atoms with Gasteiger partial charge in [0.1, 0.15) is 0 Å². The summed E-state index contributed by atoms with van der Waals surface area (Å²) in [7, 11) is 4.22. The molecule has 0 atom stereocenters. The van der Waals surface area contributed by atoms with E-state index >= 15 is 0 Å². The number of nitrogens with two attached hydrogens (primary N) is 1. The molecular weight excluding hydrogens is 228 g/mol. The third-order valence-electron chi connectivity index (χ3n) is 3.07. The lowest BCUT2D eigenvalue weighted by Crippen LogP contribution is -2.30. The molecule has 0 aliphatic heterocycles. The van der Waals surface area contributed by atoms with Gasteiger partial charge < -0.3 is 9.80 Å². The standard InChI is InChI=1S/C13H30N4O/c1-4-17(12-8-10-16(2)3)11-7-5-6-9-13(18)15-14/h4-12,14H2,1-3H3,(H,15,18). The second-order valence-electron chi connectivity index (χ2n) is 4.97. The first kappa shape index (κ1) is 17.4. The van der Waals surface area contributed by atoms with Gasteiger partial charge in [0.15, 0.2) is 0 Å². The van der Waals surface area contributed by atoms with Crippen LogP contribution in [0.4, 0.5) is 0 Å². The predicted octanol–water partition coefficient (Wildman–Crippen LogP) is 0.810. The fraction of sp³-hybridized carbons (Fsp3) is 0.923. The first-order valence-corrected chi connectivity index (χ1v) is 6.96. The van der Waals surface area contributed by atoms with E-state index in [1.165, 1.54) is 6.42 Å². The summed E-state index contributed by atoms with van der Waals surface area (Å²) in [6.45, 7) is 6.76. The van der Waals surface area contributed by atoms with Gasteiger partial charge in [0.2, 0.25) is 5.91 Å². The van der Waals surface area contributed by atoms with E-state index < -0.39 is 0 Å². The van der Waals surface area contributed by atoms with E-state index in [1.54, 1.807) is 0 Å². The molecule has 0 aliphatic carbocycles. The Morgan fingerprint density at radius 3 is 2.28 bits per heavy atom. The molecule has 0 aromatic heterocycles. The van der Waals surface area contributed by atoms with E-state index in [0.717, 1.165) is 45.4 Å². The zero-order valence-corrected chi connectivity index (χ0v) is 12.2. The zero-order valence-electron chi connectivity index (χ0n) is 12.2. The van der Waals surface area contributed by atoms with E-state index in [4.69, 9.17) is 5.84 Å². The molecule has 108 valence electrons. The highest BCUT2D eigenvalue weighted by Gasteiger charge is 2.03. The van der Waals surface area contributed by atoms with Gasteiger partial charge in [0.25, 0.3) is 0 Å². The molecule has 0 heterocycles. The normalized spacial score (nSPS) is 11.2. The quantitative estimate of drug-likeness (QED) is 0.249. The summed E-state index contributed by atoms with van der Waals surface area (Å²) < 4.78 is 0. The van der Waals surface area contributed by atoms with Crippen molar-refractivity contribution in [3.8, 4) is 0 Å². The van der Waals surface area contributed by atoms with E-state index in [2.05, 4.69) is 36.2 Å². The maximum Gasteiger partial charge on any atom is 0.233 e. The number of rotatable bonds is 11. The molecule has 0 aliphatic rings. The number of carbonyl (C=O) groups excluding carboxylic acids is 1. The van der Waals surface area contributed by atoms with Gasteiger partial charge in [-0.15, -0.1) is 0 Å². The number of hydrogen-bond acceptors (Lipinski definition) is 4. The van der Waals surface area contributed by atoms with Gasteiger partial charge >= 0.3 is 0 Å². The molecule has 0 rings (SSSR count). The number of nitrogens with one attached hydrogen (secondary N) is 1. The zero-order chi connectivity index (χ0) is 13.8. The molecule has 5 nitrogen and oxygen atoms in total. The molecule has 0 aromatic carbocycles. The first-order chi connectivity index (χ1) is 8.60. The first-order valence-electron chi connectivity index (χ1n) is 6.96. The van der Waals surface area contributed by atoms with Gasteiger partial charge in [-0.3, -0.25) is 10.2 Å². The van der Waals surface area contributed by atoms with Crippen LogP contribution in [-0.2, 0) is 4.79 Å². The van der Waals surface area contributed by atoms with Crippen LogP contribution in [0.15, 0.2) is 0 Å². The molecule has 0 saturated carbocycles. The molecule has 0 fully saturated rings. The topological polar surface area (TPSA) is 61.6 Å². The van der Waals surface area contributed by atoms with Gasteiger partial charge in [-0.25, -0.2) is 5.84 Å². The number of amides is 1. The van der Waals surface area contributed by atoms with Crippen LogP contribution in [0.5, 0.6) is 0 Å². The smallest absolute Gasteiger partial charge is 0.233 e. The molecule has 5 heteroatoms. The van der Waals surface area contributed by atoms with Crippen LogP contribution in [-0.4, -0.2) is 56.0 Å². The number of hydrogen-bond donors (Lipinski definition) is 2. The summed E-state index contributed by atoms with van der Waals surface area (Å²) in [4.78, 5) is 15.6. The van der Waals surface area contributed by atoms with Gasteiger partial charge in [-0.2, -0.15) is 0 Å². The summed E-state index contributed by atoms with van der Waals surface area (Å²) in [5, 5.41) is 0. The third-order valence-corrected chi connectivity index (χ3v) is 3.07. The van der Waals surface area contributed by atoms with Crippen molar-refractivity contribution in [1.82, 2.24) is 15.2 Å². The van der Waals surface area contributed by atoms with Crippen molar-refractivity contribution in [2.75, 3.05) is 40.3 Å². The molecule has 0 aromatic rings. The molecule has 0 unspecified atom stereocenters. The number of hydrazine groups is 1. The number of unbranched alkanes of at least 4 members (excludes halogenated alkanes) is 2. The minimum atomic E-state index is -0.0617. The van der Waals surface area contributed by atoms with Crippen molar-refractivity contribution < 1.29 is 4.79 Å². The van der Waals surface area contributed by atoms with Gasteiger partial charge in [-0.05, 0) is 59.5 Å². The molecule has 3 N–H and O–H groups in total.